The van der Waals surface area contributed by atoms with E-state index in [0.29, 0.717) is 12.0 Å². The van der Waals surface area contributed by atoms with E-state index in [1.807, 2.05) is 7.05 Å². The van der Waals surface area contributed by atoms with Crippen molar-refractivity contribution in [3.63, 3.8) is 0 Å². The molecular formula is C17H25NO2. The molecule has 0 saturated carbocycles. The van der Waals surface area contributed by atoms with Gasteiger partial charge in [-0.05, 0) is 43.9 Å². The Morgan fingerprint density at radius 3 is 3.00 bits per heavy atom. The fourth-order valence-electron chi connectivity index (χ4n) is 3.42. The molecule has 1 aliphatic heterocycles. The summed E-state index contributed by atoms with van der Waals surface area (Å²) < 4.78 is 11.7. The Balaban J connectivity index is 1.70. The highest BCUT2D eigenvalue weighted by Gasteiger charge is 2.28. The lowest BCUT2D eigenvalue weighted by atomic mass is 9.97. The van der Waals surface area contributed by atoms with E-state index in [4.69, 9.17) is 9.47 Å². The van der Waals surface area contributed by atoms with Gasteiger partial charge in [-0.1, -0.05) is 24.3 Å². The van der Waals surface area contributed by atoms with E-state index in [1.54, 1.807) is 0 Å². The minimum atomic E-state index is 0.282. The molecule has 1 aliphatic carbocycles. The van der Waals surface area contributed by atoms with Gasteiger partial charge in [0.1, 0.15) is 0 Å². The van der Waals surface area contributed by atoms with Crippen LogP contribution in [0.5, 0.6) is 0 Å². The van der Waals surface area contributed by atoms with Crippen LogP contribution in [0.25, 0.3) is 0 Å². The Morgan fingerprint density at radius 1 is 1.30 bits per heavy atom. The van der Waals surface area contributed by atoms with Crippen LogP contribution in [0.15, 0.2) is 24.3 Å². The highest BCUT2D eigenvalue weighted by molar-refractivity contribution is 5.32. The summed E-state index contributed by atoms with van der Waals surface area (Å²) in [7, 11) is 2.04. The fraction of sp³-hybridized carbons (Fsp3) is 0.647. The number of aryl methyl sites for hydroxylation is 1. The van der Waals surface area contributed by atoms with E-state index in [2.05, 4.69) is 29.6 Å². The maximum Gasteiger partial charge on any atom is 0.0770 e. The zero-order chi connectivity index (χ0) is 13.8. The second-order valence-corrected chi connectivity index (χ2v) is 5.96. The Hall–Kier alpha value is -0.900. The van der Waals surface area contributed by atoms with Crippen LogP contribution in [-0.4, -0.2) is 33.0 Å². The van der Waals surface area contributed by atoms with Gasteiger partial charge in [0.25, 0.3) is 0 Å². The molecule has 0 radical (unpaired) electrons. The molecule has 0 spiro atoms. The third kappa shape index (κ3) is 3.05. The molecule has 1 fully saturated rings. The lowest BCUT2D eigenvalue weighted by molar-refractivity contribution is 0.000901. The number of likely N-dealkylation sites (N-methyl/N-ethyl adjacent to an activating group) is 1. The van der Waals surface area contributed by atoms with Crippen molar-refractivity contribution in [3.05, 3.63) is 35.4 Å². The van der Waals surface area contributed by atoms with E-state index in [1.165, 1.54) is 24.0 Å². The molecule has 3 atom stereocenters. The highest BCUT2D eigenvalue weighted by Crippen LogP contribution is 2.31. The number of rotatable bonds is 4. The first-order valence-electron chi connectivity index (χ1n) is 7.83. The van der Waals surface area contributed by atoms with Crippen LogP contribution in [0.1, 0.15) is 36.4 Å². The molecule has 3 rings (SSSR count). The van der Waals surface area contributed by atoms with Crippen molar-refractivity contribution in [2.75, 3.05) is 26.9 Å². The molecule has 1 saturated heterocycles. The smallest absolute Gasteiger partial charge is 0.0770 e. The van der Waals surface area contributed by atoms with E-state index >= 15 is 0 Å². The predicted octanol–water partition coefficient (Wildman–Crippen LogP) is 2.71. The second kappa shape index (κ2) is 6.70. The Bertz CT molecular complexity index is 429. The Labute approximate surface area is 121 Å². The minimum Gasteiger partial charge on any atom is -0.381 e. The van der Waals surface area contributed by atoms with Gasteiger partial charge in [0.05, 0.1) is 25.4 Å². The van der Waals surface area contributed by atoms with Gasteiger partial charge in [0.15, 0.2) is 0 Å². The number of hydrogen-bond acceptors (Lipinski definition) is 3. The Kier molecular flexibility index (Phi) is 4.71. The lowest BCUT2D eigenvalue weighted by Gasteiger charge is -2.27. The van der Waals surface area contributed by atoms with Crippen molar-refractivity contribution in [2.24, 2.45) is 5.92 Å². The fourth-order valence-corrected chi connectivity index (χ4v) is 3.42. The van der Waals surface area contributed by atoms with Crippen LogP contribution in [-0.2, 0) is 15.9 Å². The maximum absolute atomic E-state index is 6.26. The monoisotopic (exact) mass is 275 g/mol. The van der Waals surface area contributed by atoms with E-state index < -0.39 is 0 Å². The molecule has 1 aromatic rings. The second-order valence-electron chi connectivity index (χ2n) is 5.96. The lowest BCUT2D eigenvalue weighted by Crippen LogP contribution is -2.32. The van der Waals surface area contributed by atoms with Gasteiger partial charge < -0.3 is 14.8 Å². The van der Waals surface area contributed by atoms with Gasteiger partial charge in [0, 0.05) is 12.5 Å². The number of benzene rings is 1. The number of fused-ring (bicyclic) bond motifs is 1. The van der Waals surface area contributed by atoms with Crippen molar-refractivity contribution in [1.29, 1.82) is 0 Å². The molecule has 3 nitrogen and oxygen atoms in total. The summed E-state index contributed by atoms with van der Waals surface area (Å²) in [4.78, 5) is 0. The van der Waals surface area contributed by atoms with Gasteiger partial charge in [-0.25, -0.2) is 0 Å². The van der Waals surface area contributed by atoms with Crippen LogP contribution < -0.4 is 5.32 Å². The summed E-state index contributed by atoms with van der Waals surface area (Å²) in [5.74, 6) is 0.589. The van der Waals surface area contributed by atoms with Crippen LogP contribution in [0.2, 0.25) is 0 Å². The third-order valence-corrected chi connectivity index (χ3v) is 4.58. The van der Waals surface area contributed by atoms with Crippen molar-refractivity contribution < 1.29 is 9.47 Å². The van der Waals surface area contributed by atoms with Gasteiger partial charge in [-0.15, -0.1) is 0 Å². The first kappa shape index (κ1) is 14.1. The van der Waals surface area contributed by atoms with Crippen molar-refractivity contribution >= 4 is 0 Å². The summed E-state index contributed by atoms with van der Waals surface area (Å²) in [6.45, 7) is 2.61. The summed E-state index contributed by atoms with van der Waals surface area (Å²) in [6, 6.07) is 9.10. The van der Waals surface area contributed by atoms with Crippen molar-refractivity contribution in [2.45, 2.75) is 37.8 Å². The SMILES string of the molecule is CNC1c2ccccc2CCCC1OCC1CCOC1. The molecular weight excluding hydrogens is 250 g/mol. The molecule has 0 aromatic heterocycles. The molecule has 1 N–H and O–H groups in total. The molecule has 20 heavy (non-hydrogen) atoms. The number of nitrogens with one attached hydrogen (secondary N) is 1. The minimum absolute atomic E-state index is 0.282. The molecule has 1 aromatic carbocycles. The summed E-state index contributed by atoms with van der Waals surface area (Å²) in [5, 5.41) is 3.47. The topological polar surface area (TPSA) is 30.5 Å². The predicted molar refractivity (Wildman–Crippen MR) is 79.8 cm³/mol. The van der Waals surface area contributed by atoms with Crippen molar-refractivity contribution in [1.82, 2.24) is 5.32 Å². The molecule has 2 aliphatic rings. The normalized spacial score (nSPS) is 29.9. The molecule has 3 unspecified atom stereocenters. The van der Waals surface area contributed by atoms with Crippen molar-refractivity contribution in [3.8, 4) is 0 Å². The van der Waals surface area contributed by atoms with Crippen LogP contribution in [0, 0.1) is 5.92 Å². The van der Waals surface area contributed by atoms with Gasteiger partial charge in [0.2, 0.25) is 0 Å². The number of hydrogen-bond donors (Lipinski definition) is 1. The van der Waals surface area contributed by atoms with E-state index in [9.17, 15) is 0 Å². The van der Waals surface area contributed by atoms with Crippen LogP contribution in [0.4, 0.5) is 0 Å². The highest BCUT2D eigenvalue weighted by atomic mass is 16.5. The van der Waals surface area contributed by atoms with Crippen LogP contribution >= 0.6 is 0 Å². The maximum atomic E-state index is 6.26. The molecule has 3 heteroatoms. The quantitative estimate of drug-likeness (QED) is 0.857. The van der Waals surface area contributed by atoms with Gasteiger partial charge in [-0.3, -0.25) is 0 Å². The van der Waals surface area contributed by atoms with Gasteiger partial charge >= 0.3 is 0 Å². The third-order valence-electron chi connectivity index (χ3n) is 4.58. The summed E-state index contributed by atoms with van der Waals surface area (Å²) >= 11 is 0. The Morgan fingerprint density at radius 2 is 2.20 bits per heavy atom. The van der Waals surface area contributed by atoms with E-state index in [0.717, 1.165) is 32.7 Å². The summed E-state index contributed by atoms with van der Waals surface area (Å²) in [6.07, 6.45) is 4.94. The largest absolute Gasteiger partial charge is 0.381 e. The zero-order valence-electron chi connectivity index (χ0n) is 12.3. The average molecular weight is 275 g/mol. The first-order chi connectivity index (χ1) is 9.88. The molecule has 0 bridgehead atoms. The summed E-state index contributed by atoms with van der Waals surface area (Å²) in [5.41, 5.74) is 2.89. The number of ether oxygens (including phenoxy) is 2. The first-order valence-corrected chi connectivity index (χ1v) is 7.83. The molecule has 110 valence electrons. The average Bonchev–Trinajstić information content (AvgIpc) is 2.93. The van der Waals surface area contributed by atoms with E-state index in [-0.39, 0.29) is 6.10 Å². The van der Waals surface area contributed by atoms with Gasteiger partial charge in [-0.2, -0.15) is 0 Å². The zero-order valence-corrected chi connectivity index (χ0v) is 12.3. The molecule has 0 amide bonds. The molecule has 1 heterocycles. The standard InChI is InChI=1S/C17H25NO2/c1-18-17-15-7-3-2-5-14(15)6-4-8-16(17)20-12-13-9-10-19-11-13/h2-3,5,7,13,16-18H,4,6,8-12H2,1H3. The van der Waals surface area contributed by atoms with Crippen LogP contribution in [0.3, 0.4) is 0 Å².